The van der Waals surface area contributed by atoms with E-state index in [2.05, 4.69) is 4.90 Å². The van der Waals surface area contributed by atoms with Crippen LogP contribution in [0.25, 0.3) is 0 Å². The first-order chi connectivity index (χ1) is 12.9. The van der Waals surface area contributed by atoms with Crippen molar-refractivity contribution in [1.82, 2.24) is 9.80 Å². The molecule has 0 bridgehead atoms. The van der Waals surface area contributed by atoms with Crippen molar-refractivity contribution in [1.29, 1.82) is 0 Å². The molecular formula is C21H24Cl2N2O2. The molecular weight excluding hydrogens is 383 g/mol. The van der Waals surface area contributed by atoms with Gasteiger partial charge in [-0.2, -0.15) is 0 Å². The third-order valence-electron chi connectivity index (χ3n) is 4.82. The first-order valence-electron chi connectivity index (χ1n) is 9.06. The van der Waals surface area contributed by atoms with Gasteiger partial charge in [-0.05, 0) is 54.8 Å². The highest BCUT2D eigenvalue weighted by Crippen LogP contribution is 2.25. The maximum atomic E-state index is 12.5. The molecule has 3 rings (SSSR count). The van der Waals surface area contributed by atoms with Crippen LogP contribution in [0.3, 0.4) is 0 Å². The van der Waals surface area contributed by atoms with E-state index in [0.29, 0.717) is 18.8 Å². The lowest BCUT2D eigenvalue weighted by Gasteiger charge is -2.34. The van der Waals surface area contributed by atoms with E-state index in [1.807, 2.05) is 55.1 Å². The van der Waals surface area contributed by atoms with Crippen LogP contribution in [0.4, 0.5) is 0 Å². The number of aryl methyl sites for hydroxylation is 2. The monoisotopic (exact) mass is 406 g/mol. The molecule has 0 unspecified atom stereocenters. The number of rotatable bonds is 5. The average Bonchev–Trinajstić information content (AvgIpc) is 2.66. The maximum Gasteiger partial charge on any atom is 0.260 e. The van der Waals surface area contributed by atoms with Gasteiger partial charge < -0.3 is 9.64 Å². The van der Waals surface area contributed by atoms with Crippen molar-refractivity contribution in [3.63, 3.8) is 0 Å². The number of hydrogen-bond donors (Lipinski definition) is 0. The SMILES string of the molecule is Cc1cc(OCC(=O)N2CCN(Cc3ccc(Cl)cc3)CC2)cc(C)c1Cl. The molecule has 0 aliphatic carbocycles. The van der Waals surface area contributed by atoms with Crippen molar-refractivity contribution in [2.24, 2.45) is 0 Å². The predicted molar refractivity (Wildman–Crippen MR) is 110 cm³/mol. The first kappa shape index (κ1) is 20.0. The van der Waals surface area contributed by atoms with E-state index in [0.717, 1.165) is 40.8 Å². The van der Waals surface area contributed by atoms with Crippen molar-refractivity contribution in [3.8, 4) is 5.75 Å². The molecule has 1 amide bonds. The molecule has 144 valence electrons. The highest BCUT2D eigenvalue weighted by atomic mass is 35.5. The number of benzene rings is 2. The minimum Gasteiger partial charge on any atom is -0.484 e. The molecule has 27 heavy (non-hydrogen) atoms. The van der Waals surface area contributed by atoms with Gasteiger partial charge in [0.2, 0.25) is 0 Å². The molecule has 0 spiro atoms. The number of nitrogens with zero attached hydrogens (tertiary/aromatic N) is 2. The minimum absolute atomic E-state index is 0.0198. The summed E-state index contributed by atoms with van der Waals surface area (Å²) in [7, 11) is 0. The van der Waals surface area contributed by atoms with E-state index in [1.165, 1.54) is 5.56 Å². The molecule has 1 aliphatic rings. The van der Waals surface area contributed by atoms with Crippen molar-refractivity contribution in [3.05, 3.63) is 63.1 Å². The van der Waals surface area contributed by atoms with Gasteiger partial charge in [-0.3, -0.25) is 9.69 Å². The van der Waals surface area contributed by atoms with E-state index >= 15 is 0 Å². The maximum absolute atomic E-state index is 12.5. The molecule has 1 heterocycles. The van der Waals surface area contributed by atoms with E-state index < -0.39 is 0 Å². The molecule has 2 aromatic rings. The van der Waals surface area contributed by atoms with Gasteiger partial charge in [0.15, 0.2) is 6.61 Å². The second-order valence-corrected chi connectivity index (χ2v) is 7.76. The number of piperazine rings is 1. The van der Waals surface area contributed by atoms with Crippen LogP contribution < -0.4 is 4.74 Å². The van der Waals surface area contributed by atoms with Crippen LogP contribution in [0.2, 0.25) is 10.0 Å². The summed E-state index contributed by atoms with van der Waals surface area (Å²) in [6.45, 7) is 7.94. The standard InChI is InChI=1S/C21H24Cl2N2O2/c1-15-11-19(12-16(2)21(15)23)27-14-20(26)25-9-7-24(8-10-25)13-17-3-5-18(22)6-4-17/h3-6,11-12H,7-10,13-14H2,1-2H3. The highest BCUT2D eigenvalue weighted by Gasteiger charge is 2.21. The van der Waals surface area contributed by atoms with Gasteiger partial charge in [-0.15, -0.1) is 0 Å². The van der Waals surface area contributed by atoms with E-state index in [9.17, 15) is 4.79 Å². The largest absolute Gasteiger partial charge is 0.484 e. The Kier molecular flexibility index (Phi) is 6.64. The summed E-state index contributed by atoms with van der Waals surface area (Å²) in [5.41, 5.74) is 3.14. The summed E-state index contributed by atoms with van der Waals surface area (Å²) in [5, 5.41) is 1.49. The molecule has 0 N–H and O–H groups in total. The van der Waals surface area contributed by atoms with Crippen LogP contribution in [0, 0.1) is 13.8 Å². The summed E-state index contributed by atoms with van der Waals surface area (Å²) >= 11 is 12.1. The summed E-state index contributed by atoms with van der Waals surface area (Å²) in [4.78, 5) is 16.7. The lowest BCUT2D eigenvalue weighted by molar-refractivity contribution is -0.135. The normalized spacial score (nSPS) is 15.0. The molecule has 0 atom stereocenters. The van der Waals surface area contributed by atoms with Crippen LogP contribution >= 0.6 is 23.2 Å². The second kappa shape index (κ2) is 8.96. The highest BCUT2D eigenvalue weighted by molar-refractivity contribution is 6.32. The third-order valence-corrected chi connectivity index (χ3v) is 5.66. The van der Waals surface area contributed by atoms with Crippen LogP contribution in [-0.2, 0) is 11.3 Å². The van der Waals surface area contributed by atoms with Crippen LogP contribution in [0.5, 0.6) is 5.75 Å². The van der Waals surface area contributed by atoms with Crippen molar-refractivity contribution < 1.29 is 9.53 Å². The predicted octanol–water partition coefficient (Wildman–Crippen LogP) is 4.33. The van der Waals surface area contributed by atoms with E-state index in [4.69, 9.17) is 27.9 Å². The summed E-state index contributed by atoms with van der Waals surface area (Å²) < 4.78 is 5.70. The fourth-order valence-corrected chi connectivity index (χ4v) is 3.46. The van der Waals surface area contributed by atoms with Gasteiger partial charge in [0.05, 0.1) is 0 Å². The first-order valence-corrected chi connectivity index (χ1v) is 9.82. The fraction of sp³-hybridized carbons (Fsp3) is 0.381. The third kappa shape index (κ3) is 5.38. The van der Waals surface area contributed by atoms with Crippen molar-refractivity contribution in [2.45, 2.75) is 20.4 Å². The lowest BCUT2D eigenvalue weighted by Crippen LogP contribution is -2.49. The Morgan fingerprint density at radius 2 is 1.59 bits per heavy atom. The van der Waals surface area contributed by atoms with Gasteiger partial charge in [0.1, 0.15) is 5.75 Å². The molecule has 1 saturated heterocycles. The molecule has 0 saturated carbocycles. The van der Waals surface area contributed by atoms with Gasteiger partial charge in [0.25, 0.3) is 5.91 Å². The smallest absolute Gasteiger partial charge is 0.260 e. The molecule has 2 aromatic carbocycles. The Morgan fingerprint density at radius 1 is 1.00 bits per heavy atom. The van der Waals surface area contributed by atoms with Crippen molar-refractivity contribution >= 4 is 29.1 Å². The summed E-state index contributed by atoms with van der Waals surface area (Å²) in [6.07, 6.45) is 0. The van der Waals surface area contributed by atoms with Gasteiger partial charge in [0, 0.05) is 42.8 Å². The molecule has 0 aromatic heterocycles. The number of hydrogen-bond acceptors (Lipinski definition) is 3. The Hall–Kier alpha value is -1.75. The number of carbonyl (C=O) groups is 1. The molecule has 6 heteroatoms. The molecule has 4 nitrogen and oxygen atoms in total. The van der Waals surface area contributed by atoms with Crippen LogP contribution in [-0.4, -0.2) is 48.5 Å². The number of ether oxygens (including phenoxy) is 1. The Bertz CT molecular complexity index is 777. The lowest BCUT2D eigenvalue weighted by atomic mass is 10.1. The molecule has 1 fully saturated rings. The molecule has 1 aliphatic heterocycles. The average molecular weight is 407 g/mol. The Morgan fingerprint density at radius 3 is 2.19 bits per heavy atom. The van der Waals surface area contributed by atoms with Crippen LogP contribution in [0.1, 0.15) is 16.7 Å². The number of halogens is 2. The zero-order valence-corrected chi connectivity index (χ0v) is 17.2. The van der Waals surface area contributed by atoms with E-state index in [1.54, 1.807) is 0 Å². The van der Waals surface area contributed by atoms with Crippen LogP contribution in [0.15, 0.2) is 36.4 Å². The fourth-order valence-electron chi connectivity index (χ4n) is 3.23. The van der Waals surface area contributed by atoms with Crippen molar-refractivity contribution in [2.75, 3.05) is 32.8 Å². The minimum atomic E-state index is 0.0198. The quantitative estimate of drug-likeness (QED) is 0.740. The summed E-state index contributed by atoms with van der Waals surface area (Å²) in [6, 6.07) is 11.6. The number of amides is 1. The summed E-state index contributed by atoms with van der Waals surface area (Å²) in [5.74, 6) is 0.704. The Balaban J connectivity index is 1.46. The Labute approximate surface area is 170 Å². The second-order valence-electron chi connectivity index (χ2n) is 6.94. The van der Waals surface area contributed by atoms with E-state index in [-0.39, 0.29) is 12.5 Å². The van der Waals surface area contributed by atoms with Gasteiger partial charge >= 0.3 is 0 Å². The van der Waals surface area contributed by atoms with Gasteiger partial charge in [-0.1, -0.05) is 35.3 Å². The zero-order valence-electron chi connectivity index (χ0n) is 15.7. The number of carbonyl (C=O) groups excluding carboxylic acids is 1. The zero-order chi connectivity index (χ0) is 19.4. The topological polar surface area (TPSA) is 32.8 Å². The molecule has 0 radical (unpaired) electrons. The van der Waals surface area contributed by atoms with Gasteiger partial charge in [-0.25, -0.2) is 0 Å².